The molecule has 1 aliphatic rings. The maximum atomic E-state index is 4.75. The number of nitrogens with zero attached hydrogens (tertiary/aromatic N) is 3. The molecule has 1 saturated carbocycles. The Morgan fingerprint density at radius 1 is 1.42 bits per heavy atom. The Balaban J connectivity index is 1.83. The van der Waals surface area contributed by atoms with Gasteiger partial charge >= 0.3 is 0 Å². The molecule has 0 spiro atoms. The summed E-state index contributed by atoms with van der Waals surface area (Å²) in [6.45, 7) is 8.12. The molecule has 5 heteroatoms. The van der Waals surface area contributed by atoms with E-state index in [1.54, 1.807) is 11.3 Å². The molecule has 102 valence electrons. The Hall–Kier alpha value is -1.20. The van der Waals surface area contributed by atoms with Gasteiger partial charge in [-0.1, -0.05) is 0 Å². The first-order chi connectivity index (χ1) is 9.19. The van der Waals surface area contributed by atoms with E-state index < -0.39 is 0 Å². The largest absolute Gasteiger partial charge is 0.308 e. The molecule has 0 unspecified atom stereocenters. The van der Waals surface area contributed by atoms with E-state index in [1.807, 2.05) is 4.68 Å². The van der Waals surface area contributed by atoms with E-state index in [2.05, 4.69) is 36.6 Å². The molecule has 1 fully saturated rings. The summed E-state index contributed by atoms with van der Waals surface area (Å²) in [6.07, 6.45) is 2.64. The Bertz CT molecular complexity index is 580. The quantitative estimate of drug-likeness (QED) is 0.913. The zero-order valence-electron chi connectivity index (χ0n) is 11.7. The molecule has 2 aromatic rings. The average Bonchev–Trinajstić information content (AvgIpc) is 3.04. The fraction of sp³-hybridized carbons (Fsp3) is 0.571. The van der Waals surface area contributed by atoms with Crippen LogP contribution in [0.5, 0.6) is 0 Å². The summed E-state index contributed by atoms with van der Waals surface area (Å²) in [6, 6.07) is 0.735. The molecule has 0 saturated heterocycles. The molecule has 0 aromatic carbocycles. The molecular weight excluding hydrogens is 256 g/mol. The lowest BCUT2D eigenvalue weighted by atomic mass is 10.1. The maximum absolute atomic E-state index is 4.75. The molecule has 2 aromatic heterocycles. The normalized spacial score (nSPS) is 15.1. The summed E-state index contributed by atoms with van der Waals surface area (Å²) in [5.41, 5.74) is 4.57. The first-order valence-corrected chi connectivity index (χ1v) is 7.79. The number of rotatable bonds is 5. The molecule has 19 heavy (non-hydrogen) atoms. The Morgan fingerprint density at radius 2 is 2.21 bits per heavy atom. The summed E-state index contributed by atoms with van der Waals surface area (Å²) >= 11 is 1.74. The van der Waals surface area contributed by atoms with Gasteiger partial charge in [0, 0.05) is 35.8 Å². The van der Waals surface area contributed by atoms with E-state index in [9.17, 15) is 0 Å². The first kappa shape index (κ1) is 12.8. The lowest BCUT2D eigenvalue weighted by Crippen LogP contribution is -2.14. The summed E-state index contributed by atoms with van der Waals surface area (Å²) in [5, 5.41) is 11.4. The number of hydrogen-bond donors (Lipinski definition) is 1. The van der Waals surface area contributed by atoms with Crippen molar-refractivity contribution in [2.24, 2.45) is 0 Å². The highest BCUT2D eigenvalue weighted by Crippen LogP contribution is 2.28. The van der Waals surface area contributed by atoms with E-state index in [1.165, 1.54) is 29.1 Å². The van der Waals surface area contributed by atoms with Gasteiger partial charge in [-0.25, -0.2) is 4.98 Å². The molecule has 1 aliphatic carbocycles. The van der Waals surface area contributed by atoms with Crippen molar-refractivity contribution in [3.05, 3.63) is 21.8 Å². The third-order valence-corrected chi connectivity index (χ3v) is 4.46. The van der Waals surface area contributed by atoms with Gasteiger partial charge in [-0.15, -0.1) is 11.3 Å². The smallest absolute Gasteiger partial charge is 0.107 e. The van der Waals surface area contributed by atoms with Gasteiger partial charge in [-0.2, -0.15) is 5.10 Å². The van der Waals surface area contributed by atoms with Crippen LogP contribution >= 0.6 is 11.3 Å². The van der Waals surface area contributed by atoms with Crippen molar-refractivity contribution in [1.29, 1.82) is 0 Å². The number of aryl methyl sites for hydroxylation is 2. The second-order valence-corrected chi connectivity index (χ2v) is 6.09. The molecule has 2 heterocycles. The number of aromatic nitrogens is 3. The standard InChI is InChI=1S/C14H20N4S/c1-4-18-10(3)14(9(2)17-18)12-8-19-13(16-12)7-15-11-5-6-11/h8,11,15H,4-7H2,1-3H3. The molecule has 4 nitrogen and oxygen atoms in total. The molecule has 1 N–H and O–H groups in total. The predicted octanol–water partition coefficient (Wildman–Crippen LogP) is 2.90. The van der Waals surface area contributed by atoms with Crippen molar-refractivity contribution < 1.29 is 0 Å². The average molecular weight is 276 g/mol. The van der Waals surface area contributed by atoms with Crippen LogP contribution < -0.4 is 5.32 Å². The monoisotopic (exact) mass is 276 g/mol. The highest BCUT2D eigenvalue weighted by atomic mass is 32.1. The van der Waals surface area contributed by atoms with Crippen LogP contribution in [0.25, 0.3) is 11.3 Å². The van der Waals surface area contributed by atoms with Crippen molar-refractivity contribution in [3.8, 4) is 11.3 Å². The van der Waals surface area contributed by atoms with E-state index in [0.29, 0.717) is 0 Å². The molecule has 0 radical (unpaired) electrons. The lowest BCUT2D eigenvalue weighted by molar-refractivity contribution is 0.634. The summed E-state index contributed by atoms with van der Waals surface area (Å²) in [7, 11) is 0. The number of nitrogens with one attached hydrogen (secondary N) is 1. The Kier molecular flexibility index (Phi) is 3.41. The molecule has 0 amide bonds. The van der Waals surface area contributed by atoms with Gasteiger partial charge in [0.05, 0.1) is 11.4 Å². The Labute approximate surface area is 117 Å². The molecule has 0 aliphatic heterocycles. The van der Waals surface area contributed by atoms with Gasteiger partial charge in [0.2, 0.25) is 0 Å². The molecule has 0 atom stereocenters. The number of thiazole rings is 1. The van der Waals surface area contributed by atoms with Crippen LogP contribution in [-0.2, 0) is 13.1 Å². The lowest BCUT2D eigenvalue weighted by Gasteiger charge is -2.00. The van der Waals surface area contributed by atoms with Crippen molar-refractivity contribution in [1.82, 2.24) is 20.1 Å². The summed E-state index contributed by atoms with van der Waals surface area (Å²) < 4.78 is 2.05. The SMILES string of the molecule is CCn1nc(C)c(-c2csc(CNC3CC3)n2)c1C. The summed E-state index contributed by atoms with van der Waals surface area (Å²) in [5.74, 6) is 0. The third kappa shape index (κ3) is 2.58. The van der Waals surface area contributed by atoms with Crippen molar-refractivity contribution in [2.45, 2.75) is 52.7 Å². The predicted molar refractivity (Wildman–Crippen MR) is 78.3 cm³/mol. The van der Waals surface area contributed by atoms with Crippen molar-refractivity contribution in [2.75, 3.05) is 0 Å². The minimum absolute atomic E-state index is 0.735. The van der Waals surface area contributed by atoms with Gasteiger partial charge in [0.1, 0.15) is 5.01 Å². The van der Waals surface area contributed by atoms with Crippen LogP contribution in [-0.4, -0.2) is 20.8 Å². The fourth-order valence-electron chi connectivity index (χ4n) is 2.40. The molecule has 0 bridgehead atoms. The van der Waals surface area contributed by atoms with Crippen LogP contribution in [0, 0.1) is 13.8 Å². The van der Waals surface area contributed by atoms with Crippen molar-refractivity contribution >= 4 is 11.3 Å². The minimum atomic E-state index is 0.735. The maximum Gasteiger partial charge on any atom is 0.107 e. The van der Waals surface area contributed by atoms with E-state index in [4.69, 9.17) is 4.98 Å². The van der Waals surface area contributed by atoms with Crippen LogP contribution in [0.1, 0.15) is 36.2 Å². The van der Waals surface area contributed by atoms with Crippen LogP contribution in [0.3, 0.4) is 0 Å². The summed E-state index contributed by atoms with van der Waals surface area (Å²) in [4.78, 5) is 4.75. The van der Waals surface area contributed by atoms with Crippen LogP contribution in [0.2, 0.25) is 0 Å². The van der Waals surface area contributed by atoms with Crippen LogP contribution in [0.15, 0.2) is 5.38 Å². The van der Waals surface area contributed by atoms with Gasteiger partial charge in [0.25, 0.3) is 0 Å². The first-order valence-electron chi connectivity index (χ1n) is 6.91. The van der Waals surface area contributed by atoms with E-state index in [-0.39, 0.29) is 0 Å². The second-order valence-electron chi connectivity index (χ2n) is 5.14. The zero-order valence-corrected chi connectivity index (χ0v) is 12.5. The fourth-order valence-corrected chi connectivity index (χ4v) is 3.14. The second kappa shape index (κ2) is 5.06. The Morgan fingerprint density at radius 3 is 2.84 bits per heavy atom. The third-order valence-electron chi connectivity index (χ3n) is 3.61. The van der Waals surface area contributed by atoms with Crippen molar-refractivity contribution in [3.63, 3.8) is 0 Å². The zero-order chi connectivity index (χ0) is 13.4. The van der Waals surface area contributed by atoms with Crippen LogP contribution in [0.4, 0.5) is 0 Å². The van der Waals surface area contributed by atoms with Gasteiger partial charge in [-0.05, 0) is 33.6 Å². The van der Waals surface area contributed by atoms with E-state index in [0.717, 1.165) is 30.5 Å². The molecular formula is C14H20N4S. The highest BCUT2D eigenvalue weighted by Gasteiger charge is 2.21. The number of hydrogen-bond acceptors (Lipinski definition) is 4. The molecule has 3 rings (SSSR count). The van der Waals surface area contributed by atoms with Gasteiger partial charge in [-0.3, -0.25) is 4.68 Å². The highest BCUT2D eigenvalue weighted by molar-refractivity contribution is 7.09. The minimum Gasteiger partial charge on any atom is -0.308 e. The van der Waals surface area contributed by atoms with Gasteiger partial charge in [0.15, 0.2) is 0 Å². The topological polar surface area (TPSA) is 42.7 Å². The van der Waals surface area contributed by atoms with Gasteiger partial charge < -0.3 is 5.32 Å². The van der Waals surface area contributed by atoms with E-state index >= 15 is 0 Å².